The van der Waals surface area contributed by atoms with Gasteiger partial charge in [-0.2, -0.15) is 13.2 Å². The van der Waals surface area contributed by atoms with Gasteiger partial charge in [0.25, 0.3) is 0 Å². The molecule has 0 saturated carbocycles. The number of anilines is 3. The molecule has 0 atom stereocenters. The number of benzene rings is 1. The van der Waals surface area contributed by atoms with E-state index in [1.807, 2.05) is 6.07 Å². The van der Waals surface area contributed by atoms with Crippen molar-refractivity contribution in [3.8, 4) is 0 Å². The number of carbonyl (C=O) groups is 1. The van der Waals surface area contributed by atoms with Gasteiger partial charge in [-0.1, -0.05) is 11.6 Å². The van der Waals surface area contributed by atoms with Crippen LogP contribution in [0.3, 0.4) is 0 Å². The number of carbonyl (C=O) groups excluding carboxylic acids is 1. The minimum atomic E-state index is -4.36. The molecule has 2 aromatic heterocycles. The second-order valence-corrected chi connectivity index (χ2v) is 7.60. The van der Waals surface area contributed by atoms with E-state index in [-0.39, 0.29) is 10.7 Å². The molecule has 0 N–H and O–H groups in total. The van der Waals surface area contributed by atoms with Crippen molar-refractivity contribution in [3.05, 3.63) is 76.2 Å². The number of fused-ring (bicyclic) bond motifs is 1. The van der Waals surface area contributed by atoms with E-state index in [4.69, 9.17) is 11.6 Å². The van der Waals surface area contributed by atoms with E-state index in [1.54, 1.807) is 24.2 Å². The summed E-state index contributed by atoms with van der Waals surface area (Å²) in [7, 11) is 1.35. The van der Waals surface area contributed by atoms with Gasteiger partial charge < -0.3 is 9.80 Å². The molecule has 5 nitrogen and oxygen atoms in total. The van der Waals surface area contributed by atoms with Gasteiger partial charge in [0, 0.05) is 31.5 Å². The van der Waals surface area contributed by atoms with Crippen LogP contribution in [0.2, 0.25) is 5.02 Å². The number of halogens is 6. The van der Waals surface area contributed by atoms with Crippen molar-refractivity contribution in [3.63, 3.8) is 0 Å². The average molecular weight is 485 g/mol. The zero-order valence-corrected chi connectivity index (χ0v) is 18.3. The maximum absolute atomic E-state index is 13.0. The highest BCUT2D eigenvalue weighted by Gasteiger charge is 2.32. The Morgan fingerprint density at radius 1 is 1.15 bits per heavy atom. The van der Waals surface area contributed by atoms with Crippen LogP contribution in [0, 0.1) is 18.6 Å². The highest BCUT2D eigenvalue weighted by Crippen LogP contribution is 2.36. The summed E-state index contributed by atoms with van der Waals surface area (Å²) in [6.45, 7) is 2.19. The highest BCUT2D eigenvalue weighted by atomic mass is 35.5. The maximum atomic E-state index is 13.0. The van der Waals surface area contributed by atoms with Crippen LogP contribution in [0.25, 0.3) is 0 Å². The monoisotopic (exact) mass is 484 g/mol. The van der Waals surface area contributed by atoms with Crippen LogP contribution in [0.1, 0.15) is 16.8 Å². The minimum absolute atomic E-state index is 0.0543. The Kier molecular flexibility index (Phi) is 7.16. The van der Waals surface area contributed by atoms with E-state index in [9.17, 15) is 26.7 Å². The van der Waals surface area contributed by atoms with E-state index < -0.39 is 23.4 Å². The summed E-state index contributed by atoms with van der Waals surface area (Å²) in [5.41, 5.74) is 1.54. The Hall–Kier alpha value is -3.27. The molecule has 11 heteroatoms. The molecule has 3 heterocycles. The summed E-state index contributed by atoms with van der Waals surface area (Å²) in [5, 5.41) is -0.217. The predicted octanol–water partition coefficient (Wildman–Crippen LogP) is 5.71. The normalized spacial score (nSPS) is 12.7. The summed E-state index contributed by atoms with van der Waals surface area (Å²) in [6, 6.07) is 5.73. The van der Waals surface area contributed by atoms with Crippen molar-refractivity contribution < 1.29 is 26.7 Å². The molecule has 0 bridgehead atoms. The maximum Gasteiger partial charge on any atom is 0.416 e. The first kappa shape index (κ1) is 24.4. The molecular formula is C22H18ClF5N4O. The molecule has 0 aliphatic carbocycles. The Balaban J connectivity index is 0.000000205. The highest BCUT2D eigenvalue weighted by molar-refractivity contribution is 6.31. The standard InChI is InChI=1S/C14H12F3N3.C8H6ClF2NO/c1-9-6-11(14(15,16)17)7-13(19-9)20-5-3-10-2-4-18-8-12(10)20;1-12(4-13)8-2-5(9)6(10)3-7(8)11/h2,4,6-8H,3,5H2,1H3;2-4H,1H3. The Morgan fingerprint density at radius 3 is 2.55 bits per heavy atom. The summed E-state index contributed by atoms with van der Waals surface area (Å²) in [4.78, 5) is 21.3. The zero-order chi connectivity index (χ0) is 24.3. The Morgan fingerprint density at radius 2 is 1.88 bits per heavy atom. The van der Waals surface area contributed by atoms with E-state index in [0.29, 0.717) is 30.5 Å². The molecule has 1 aromatic carbocycles. The minimum Gasteiger partial charge on any atom is -0.324 e. The van der Waals surface area contributed by atoms with Crippen LogP contribution in [0.5, 0.6) is 0 Å². The first-order valence-electron chi connectivity index (χ1n) is 9.60. The quantitative estimate of drug-likeness (QED) is 0.271. The number of hydrogen-bond acceptors (Lipinski definition) is 4. The van der Waals surface area contributed by atoms with Crippen molar-refractivity contribution >= 4 is 35.2 Å². The molecule has 1 aliphatic rings. The van der Waals surface area contributed by atoms with Crippen LogP contribution in [-0.4, -0.2) is 30.0 Å². The smallest absolute Gasteiger partial charge is 0.324 e. The number of aromatic nitrogens is 2. The molecule has 0 saturated heterocycles. The number of hydrogen-bond donors (Lipinski definition) is 0. The molecule has 0 radical (unpaired) electrons. The Bertz CT molecular complexity index is 1170. The molecule has 4 rings (SSSR count). The molecule has 3 aromatic rings. The summed E-state index contributed by atoms with van der Waals surface area (Å²) >= 11 is 5.40. The molecule has 1 amide bonds. The fourth-order valence-corrected chi connectivity index (χ4v) is 3.41. The lowest BCUT2D eigenvalue weighted by Gasteiger charge is -2.20. The lowest BCUT2D eigenvalue weighted by atomic mass is 10.2. The molecule has 174 valence electrons. The first-order valence-corrected chi connectivity index (χ1v) is 9.98. The van der Waals surface area contributed by atoms with Gasteiger partial charge in [0.05, 0.1) is 28.2 Å². The van der Waals surface area contributed by atoms with Crippen LogP contribution < -0.4 is 9.80 Å². The topological polar surface area (TPSA) is 49.3 Å². The van der Waals surface area contributed by atoms with E-state index >= 15 is 0 Å². The fourth-order valence-electron chi connectivity index (χ4n) is 3.25. The van der Waals surface area contributed by atoms with Crippen molar-refractivity contribution in [2.24, 2.45) is 0 Å². The third-order valence-corrected chi connectivity index (χ3v) is 5.14. The van der Waals surface area contributed by atoms with Gasteiger partial charge in [0.2, 0.25) is 6.41 Å². The molecular weight excluding hydrogens is 467 g/mol. The second-order valence-electron chi connectivity index (χ2n) is 7.19. The summed E-state index contributed by atoms with van der Waals surface area (Å²) in [5.74, 6) is -1.34. The number of amides is 1. The summed E-state index contributed by atoms with van der Waals surface area (Å²) in [6.07, 6.45) is 0.189. The van der Waals surface area contributed by atoms with Crippen molar-refractivity contribution in [1.82, 2.24) is 9.97 Å². The van der Waals surface area contributed by atoms with Crippen molar-refractivity contribution in [1.29, 1.82) is 0 Å². The van der Waals surface area contributed by atoms with Gasteiger partial charge in [-0.25, -0.2) is 13.8 Å². The van der Waals surface area contributed by atoms with Crippen LogP contribution >= 0.6 is 11.6 Å². The number of aryl methyl sites for hydroxylation is 1. The Labute approximate surface area is 191 Å². The lowest BCUT2D eigenvalue weighted by molar-refractivity contribution is -0.137. The molecule has 33 heavy (non-hydrogen) atoms. The van der Waals surface area contributed by atoms with Crippen molar-refractivity contribution in [2.75, 3.05) is 23.4 Å². The van der Waals surface area contributed by atoms with E-state index in [0.717, 1.165) is 40.8 Å². The van der Waals surface area contributed by atoms with Gasteiger partial charge in [0.15, 0.2) is 0 Å². The number of rotatable bonds is 3. The molecule has 0 unspecified atom stereocenters. The predicted molar refractivity (Wildman–Crippen MR) is 115 cm³/mol. The van der Waals surface area contributed by atoms with Gasteiger partial charge >= 0.3 is 6.18 Å². The SMILES string of the molecule is CN(C=O)c1cc(Cl)c(F)cc1F.Cc1cc(C(F)(F)F)cc(N2CCc3ccncc32)n1. The number of nitrogens with zero attached hydrogens (tertiary/aromatic N) is 4. The summed E-state index contributed by atoms with van der Waals surface area (Å²) < 4.78 is 64.2. The third-order valence-electron chi connectivity index (χ3n) is 4.85. The van der Waals surface area contributed by atoms with E-state index in [1.165, 1.54) is 7.05 Å². The first-order chi connectivity index (χ1) is 15.5. The second kappa shape index (κ2) is 9.70. The van der Waals surface area contributed by atoms with Gasteiger partial charge in [-0.3, -0.25) is 9.78 Å². The number of pyridine rings is 2. The molecule has 0 fully saturated rings. The van der Waals surface area contributed by atoms with Gasteiger partial charge in [0.1, 0.15) is 17.5 Å². The van der Waals surface area contributed by atoms with Gasteiger partial charge in [-0.15, -0.1) is 0 Å². The number of alkyl halides is 3. The zero-order valence-electron chi connectivity index (χ0n) is 17.5. The lowest BCUT2D eigenvalue weighted by Crippen LogP contribution is -2.17. The van der Waals surface area contributed by atoms with Crippen LogP contribution in [0.15, 0.2) is 42.7 Å². The van der Waals surface area contributed by atoms with Crippen LogP contribution in [0.4, 0.5) is 39.1 Å². The molecule has 0 spiro atoms. The van der Waals surface area contributed by atoms with Gasteiger partial charge in [-0.05, 0) is 43.2 Å². The van der Waals surface area contributed by atoms with Crippen LogP contribution in [-0.2, 0) is 17.4 Å². The third kappa shape index (κ3) is 5.57. The largest absolute Gasteiger partial charge is 0.416 e. The fraction of sp³-hybridized carbons (Fsp3) is 0.227. The molecule has 1 aliphatic heterocycles. The van der Waals surface area contributed by atoms with Crippen molar-refractivity contribution in [2.45, 2.75) is 19.5 Å². The average Bonchev–Trinajstić information content (AvgIpc) is 3.19. The van der Waals surface area contributed by atoms with E-state index in [2.05, 4.69) is 9.97 Å².